The van der Waals surface area contributed by atoms with Crippen molar-refractivity contribution in [3.05, 3.63) is 36.0 Å². The van der Waals surface area contributed by atoms with Gasteiger partial charge in [-0.15, -0.1) is 0 Å². The molecule has 2 aliphatic heterocycles. The van der Waals surface area contributed by atoms with Crippen LogP contribution in [0.4, 0.5) is 4.39 Å². The van der Waals surface area contributed by atoms with Crippen LogP contribution in [0, 0.1) is 11.4 Å². The Morgan fingerprint density at radius 1 is 1.27 bits per heavy atom. The molecule has 0 aromatic carbocycles. The number of hydrogen-bond donors (Lipinski definition) is 0. The fourth-order valence-corrected chi connectivity index (χ4v) is 4.23. The lowest BCUT2D eigenvalue weighted by molar-refractivity contribution is -0.138. The number of hydrogen-bond acceptors (Lipinski definition) is 3. The highest BCUT2D eigenvalue weighted by Gasteiger charge is 2.41. The van der Waals surface area contributed by atoms with Crippen LogP contribution in [0.2, 0.25) is 0 Å². The molecule has 0 saturated carbocycles. The summed E-state index contributed by atoms with van der Waals surface area (Å²) in [5.41, 5.74) is 0.422. The molecule has 6 nitrogen and oxygen atoms in total. The Balaban J connectivity index is 1.48. The smallest absolute Gasteiger partial charge is 0.277 e. The predicted molar refractivity (Wildman–Crippen MR) is 94.2 cm³/mol. The molecule has 2 aromatic heterocycles. The van der Waals surface area contributed by atoms with E-state index in [0.29, 0.717) is 25.2 Å². The number of aromatic nitrogens is 2. The Morgan fingerprint density at radius 2 is 2.04 bits per heavy atom. The van der Waals surface area contributed by atoms with Crippen molar-refractivity contribution in [1.82, 2.24) is 19.2 Å². The molecule has 0 N–H and O–H groups in total. The molecule has 0 bridgehead atoms. The van der Waals surface area contributed by atoms with Crippen LogP contribution in [0.3, 0.4) is 0 Å². The number of halogens is 1. The largest absolute Gasteiger partial charge is 0.342 e. The Morgan fingerprint density at radius 3 is 2.73 bits per heavy atom. The third-order valence-corrected chi connectivity index (χ3v) is 5.92. The summed E-state index contributed by atoms with van der Waals surface area (Å²) in [5, 5.41) is 0. The van der Waals surface area contributed by atoms with E-state index in [1.165, 1.54) is 4.40 Å². The Hall–Kier alpha value is -2.44. The van der Waals surface area contributed by atoms with Gasteiger partial charge in [0.2, 0.25) is 11.9 Å². The van der Waals surface area contributed by atoms with Gasteiger partial charge < -0.3 is 9.80 Å². The van der Waals surface area contributed by atoms with E-state index in [-0.39, 0.29) is 22.9 Å². The van der Waals surface area contributed by atoms with Crippen LogP contribution < -0.4 is 0 Å². The average molecular weight is 358 g/mol. The molecule has 26 heavy (non-hydrogen) atoms. The summed E-state index contributed by atoms with van der Waals surface area (Å²) in [6.07, 6.45) is 4.73. The number of nitrogens with zero attached hydrogens (tertiary/aromatic N) is 4. The minimum Gasteiger partial charge on any atom is -0.342 e. The lowest BCUT2D eigenvalue weighted by atomic mass is 9.72. The van der Waals surface area contributed by atoms with E-state index in [1.54, 1.807) is 29.3 Å². The van der Waals surface area contributed by atoms with Gasteiger partial charge in [0.1, 0.15) is 5.65 Å². The van der Waals surface area contributed by atoms with Crippen molar-refractivity contribution in [2.24, 2.45) is 5.41 Å². The number of carbonyl (C=O) groups is 2. The summed E-state index contributed by atoms with van der Waals surface area (Å²) in [6, 6.07) is 5.16. The van der Waals surface area contributed by atoms with Crippen LogP contribution in [0.1, 0.15) is 43.1 Å². The van der Waals surface area contributed by atoms with Crippen molar-refractivity contribution in [3.63, 3.8) is 0 Å². The summed E-state index contributed by atoms with van der Waals surface area (Å²) >= 11 is 0. The highest BCUT2D eigenvalue weighted by atomic mass is 19.1. The van der Waals surface area contributed by atoms with Gasteiger partial charge in [-0.25, -0.2) is 4.98 Å². The number of imidazole rings is 1. The van der Waals surface area contributed by atoms with E-state index < -0.39 is 5.95 Å². The molecule has 0 radical (unpaired) electrons. The second-order valence-corrected chi connectivity index (χ2v) is 7.38. The second kappa shape index (κ2) is 6.37. The van der Waals surface area contributed by atoms with E-state index in [2.05, 4.69) is 4.98 Å². The van der Waals surface area contributed by atoms with E-state index in [4.69, 9.17) is 0 Å². The maximum absolute atomic E-state index is 14.5. The van der Waals surface area contributed by atoms with Gasteiger partial charge >= 0.3 is 0 Å². The number of amides is 2. The molecule has 2 aliphatic rings. The number of fused-ring (bicyclic) bond motifs is 1. The first-order valence-electron chi connectivity index (χ1n) is 9.23. The fraction of sp³-hybridized carbons (Fsp3) is 0.526. The van der Waals surface area contributed by atoms with Crippen molar-refractivity contribution in [1.29, 1.82) is 0 Å². The summed E-state index contributed by atoms with van der Waals surface area (Å²) in [6.45, 7) is 4.67. The molecule has 0 atom stereocenters. The summed E-state index contributed by atoms with van der Waals surface area (Å²) in [5.74, 6) is -0.727. The van der Waals surface area contributed by atoms with Crippen molar-refractivity contribution in [2.45, 2.75) is 32.6 Å². The summed E-state index contributed by atoms with van der Waals surface area (Å²) in [4.78, 5) is 32.5. The fourth-order valence-electron chi connectivity index (χ4n) is 4.23. The molecule has 138 valence electrons. The molecular formula is C19H23FN4O2. The highest BCUT2D eigenvalue weighted by Crippen LogP contribution is 2.40. The maximum atomic E-state index is 14.5. The topological polar surface area (TPSA) is 57.9 Å². The average Bonchev–Trinajstić information content (AvgIpc) is 3.01. The molecule has 0 aliphatic carbocycles. The predicted octanol–water partition coefficient (Wildman–Crippen LogP) is 2.34. The number of piperidine rings is 2. The molecule has 4 rings (SSSR count). The Labute approximate surface area is 151 Å². The van der Waals surface area contributed by atoms with Crippen LogP contribution in [0.15, 0.2) is 24.4 Å². The molecular weight excluding hydrogens is 335 g/mol. The molecule has 7 heteroatoms. The van der Waals surface area contributed by atoms with Gasteiger partial charge in [-0.3, -0.25) is 14.0 Å². The van der Waals surface area contributed by atoms with E-state index in [0.717, 1.165) is 32.4 Å². The van der Waals surface area contributed by atoms with E-state index in [1.807, 2.05) is 11.8 Å². The van der Waals surface area contributed by atoms with Gasteiger partial charge in [0, 0.05) is 38.8 Å². The van der Waals surface area contributed by atoms with Gasteiger partial charge in [-0.1, -0.05) is 6.07 Å². The second-order valence-electron chi connectivity index (χ2n) is 7.38. The molecule has 0 unspecified atom stereocenters. The molecule has 1 spiro atoms. The van der Waals surface area contributed by atoms with Crippen LogP contribution in [0.25, 0.3) is 5.65 Å². The first-order valence-corrected chi connectivity index (χ1v) is 9.23. The van der Waals surface area contributed by atoms with Crippen molar-refractivity contribution < 1.29 is 14.0 Å². The van der Waals surface area contributed by atoms with Crippen LogP contribution >= 0.6 is 0 Å². The highest BCUT2D eigenvalue weighted by molar-refractivity contribution is 5.93. The first-order chi connectivity index (χ1) is 12.5. The monoisotopic (exact) mass is 358 g/mol. The maximum Gasteiger partial charge on any atom is 0.277 e. The standard InChI is InChI=1S/C19H23FN4O2/c1-2-22-13-19(7-6-15(22)25)8-11-23(12-9-19)18(26)16-17(20)24-10-4-3-5-14(24)21-16/h3-5,10H,2,6-9,11-13H2,1H3. The third-order valence-electron chi connectivity index (χ3n) is 5.92. The number of rotatable bonds is 2. The minimum absolute atomic E-state index is 0.0954. The molecule has 4 heterocycles. The molecule has 2 fully saturated rings. The zero-order valence-corrected chi connectivity index (χ0v) is 14.9. The minimum atomic E-state index is -0.605. The number of likely N-dealkylation sites (tertiary alicyclic amines) is 2. The van der Waals surface area contributed by atoms with Crippen LogP contribution in [0.5, 0.6) is 0 Å². The van der Waals surface area contributed by atoms with Crippen molar-refractivity contribution in [2.75, 3.05) is 26.2 Å². The first kappa shape index (κ1) is 17.0. The Kier molecular flexibility index (Phi) is 4.17. The number of pyridine rings is 1. The normalized spacial score (nSPS) is 20.2. The zero-order chi connectivity index (χ0) is 18.3. The zero-order valence-electron chi connectivity index (χ0n) is 14.9. The lowest BCUT2D eigenvalue weighted by Crippen LogP contribution is -2.52. The molecule has 2 saturated heterocycles. The van der Waals surface area contributed by atoms with Crippen LogP contribution in [-0.2, 0) is 4.79 Å². The van der Waals surface area contributed by atoms with E-state index >= 15 is 0 Å². The van der Waals surface area contributed by atoms with Crippen molar-refractivity contribution >= 4 is 17.5 Å². The summed E-state index contributed by atoms with van der Waals surface area (Å²) < 4.78 is 15.8. The summed E-state index contributed by atoms with van der Waals surface area (Å²) in [7, 11) is 0. The Bertz CT molecular complexity index is 854. The lowest BCUT2D eigenvalue weighted by Gasteiger charge is -2.47. The van der Waals surface area contributed by atoms with Crippen LogP contribution in [-0.4, -0.2) is 57.2 Å². The van der Waals surface area contributed by atoms with Gasteiger partial charge in [-0.05, 0) is 43.7 Å². The van der Waals surface area contributed by atoms with Gasteiger partial charge in [-0.2, -0.15) is 4.39 Å². The quantitative estimate of drug-likeness (QED) is 0.828. The molecule has 2 aromatic rings. The van der Waals surface area contributed by atoms with E-state index in [9.17, 15) is 14.0 Å². The third kappa shape index (κ3) is 2.75. The van der Waals surface area contributed by atoms with Crippen molar-refractivity contribution in [3.8, 4) is 0 Å². The molecule has 2 amide bonds. The van der Waals surface area contributed by atoms with Gasteiger partial charge in [0.05, 0.1) is 0 Å². The SMILES string of the molecule is CCN1CC2(CCC1=O)CCN(C(=O)c1nc3ccccn3c1F)CC2. The van der Waals surface area contributed by atoms with Gasteiger partial charge in [0.15, 0.2) is 5.69 Å². The number of carbonyl (C=O) groups excluding carboxylic acids is 2. The van der Waals surface area contributed by atoms with Gasteiger partial charge in [0.25, 0.3) is 5.91 Å².